The summed E-state index contributed by atoms with van der Waals surface area (Å²) in [4.78, 5) is 26.0. The van der Waals surface area contributed by atoms with E-state index in [1.807, 2.05) is 18.2 Å². The molecule has 0 radical (unpaired) electrons. The van der Waals surface area contributed by atoms with Crippen molar-refractivity contribution in [2.75, 3.05) is 18.5 Å². The highest BCUT2D eigenvalue weighted by Gasteiger charge is 2.30. The van der Waals surface area contributed by atoms with Gasteiger partial charge in [-0.05, 0) is 42.7 Å². The second-order valence-electron chi connectivity index (χ2n) is 7.39. The van der Waals surface area contributed by atoms with E-state index in [2.05, 4.69) is 11.4 Å². The average molecular weight is 414 g/mol. The van der Waals surface area contributed by atoms with Gasteiger partial charge < -0.3 is 15.0 Å². The third-order valence-corrected chi connectivity index (χ3v) is 7.52. The lowest BCUT2D eigenvalue weighted by Crippen LogP contribution is -2.38. The van der Waals surface area contributed by atoms with Crippen molar-refractivity contribution in [1.82, 2.24) is 4.90 Å². The molecule has 2 heterocycles. The van der Waals surface area contributed by atoms with E-state index in [9.17, 15) is 18.0 Å². The molecule has 0 aromatic heterocycles. The van der Waals surface area contributed by atoms with Crippen molar-refractivity contribution in [3.05, 3.63) is 53.6 Å². The minimum Gasteiger partial charge on any atom is -0.482 e. The van der Waals surface area contributed by atoms with Gasteiger partial charge in [0, 0.05) is 19.5 Å². The number of rotatable bonds is 4. The largest absolute Gasteiger partial charge is 0.482 e. The normalized spacial score (nSPS) is 16.9. The van der Waals surface area contributed by atoms with Gasteiger partial charge in [0.15, 0.2) is 16.4 Å². The quantitative estimate of drug-likeness (QED) is 0.828. The number of nitrogens with one attached hydrogen (secondary N) is 1. The van der Waals surface area contributed by atoms with Gasteiger partial charge in [-0.25, -0.2) is 8.42 Å². The van der Waals surface area contributed by atoms with Crippen LogP contribution in [0.2, 0.25) is 0 Å². The Labute approximate surface area is 169 Å². The van der Waals surface area contributed by atoms with Crippen molar-refractivity contribution in [3.63, 3.8) is 0 Å². The van der Waals surface area contributed by atoms with Gasteiger partial charge in [-0.15, -0.1) is 0 Å². The summed E-state index contributed by atoms with van der Waals surface area (Å²) < 4.78 is 31.3. The van der Waals surface area contributed by atoms with E-state index in [0.29, 0.717) is 24.5 Å². The molecule has 2 aromatic carbocycles. The number of hydrogen-bond donors (Lipinski definition) is 1. The molecule has 2 aromatic rings. The number of sulfone groups is 1. The molecule has 2 aliphatic heterocycles. The Balaban J connectivity index is 1.48. The molecule has 4 rings (SSSR count). The van der Waals surface area contributed by atoms with Gasteiger partial charge in [0.25, 0.3) is 5.91 Å². The van der Waals surface area contributed by atoms with E-state index >= 15 is 0 Å². The maximum atomic E-state index is 13.0. The first-order valence-electron chi connectivity index (χ1n) is 9.50. The van der Waals surface area contributed by atoms with Crippen LogP contribution in [0.1, 0.15) is 24.5 Å². The maximum Gasteiger partial charge on any atom is 0.262 e. The lowest BCUT2D eigenvalue weighted by Gasteiger charge is -2.29. The van der Waals surface area contributed by atoms with Crippen LogP contribution in [-0.4, -0.2) is 43.5 Å². The van der Waals surface area contributed by atoms with E-state index in [0.717, 1.165) is 12.0 Å². The minimum atomic E-state index is -3.74. The highest BCUT2D eigenvalue weighted by atomic mass is 32.2. The summed E-state index contributed by atoms with van der Waals surface area (Å²) >= 11 is 0. The third kappa shape index (κ3) is 3.85. The summed E-state index contributed by atoms with van der Waals surface area (Å²) in [5, 5.41) is 1.73. The first-order chi connectivity index (χ1) is 13.8. The van der Waals surface area contributed by atoms with E-state index in [4.69, 9.17) is 4.74 Å². The van der Waals surface area contributed by atoms with E-state index in [-0.39, 0.29) is 29.7 Å². The summed E-state index contributed by atoms with van der Waals surface area (Å²) in [7, 11) is -3.74. The molecule has 1 atom stereocenters. The van der Waals surface area contributed by atoms with Crippen molar-refractivity contribution >= 4 is 27.3 Å². The molecule has 0 saturated carbocycles. The summed E-state index contributed by atoms with van der Waals surface area (Å²) in [6, 6.07) is 12.3. The number of carbonyl (C=O) groups excluding carboxylic acids is 2. The van der Waals surface area contributed by atoms with Gasteiger partial charge in [-0.2, -0.15) is 0 Å². The Morgan fingerprint density at radius 2 is 1.97 bits per heavy atom. The van der Waals surface area contributed by atoms with Gasteiger partial charge in [0.05, 0.1) is 15.8 Å². The second kappa shape index (κ2) is 7.51. The van der Waals surface area contributed by atoms with Crippen LogP contribution in [0.15, 0.2) is 47.4 Å². The van der Waals surface area contributed by atoms with Crippen molar-refractivity contribution < 1.29 is 22.7 Å². The number of carbonyl (C=O) groups is 2. The fraction of sp³-hybridized carbons (Fsp3) is 0.333. The standard InChI is InChI=1S/C21H22N2O5S/c1-14(10-21(25)23-9-8-15-4-2-3-5-16(15)12-23)29(26,27)17-6-7-19-18(11-17)22-20(24)13-28-19/h2-7,11,14H,8-10,12-13H2,1H3,(H,22,24). The maximum absolute atomic E-state index is 13.0. The lowest BCUT2D eigenvalue weighted by atomic mass is 10.00. The molecule has 0 aliphatic carbocycles. The molecule has 2 amide bonds. The summed E-state index contributed by atoms with van der Waals surface area (Å²) in [6.07, 6.45) is 0.679. The Morgan fingerprint density at radius 3 is 2.76 bits per heavy atom. The fourth-order valence-electron chi connectivity index (χ4n) is 3.66. The van der Waals surface area contributed by atoms with Crippen LogP contribution in [0.25, 0.3) is 0 Å². The monoisotopic (exact) mass is 414 g/mol. The highest BCUT2D eigenvalue weighted by molar-refractivity contribution is 7.92. The molecule has 7 nitrogen and oxygen atoms in total. The number of ether oxygens (including phenoxy) is 1. The molecule has 29 heavy (non-hydrogen) atoms. The fourth-order valence-corrected chi connectivity index (χ4v) is 5.03. The number of benzene rings is 2. The number of nitrogens with zero attached hydrogens (tertiary/aromatic N) is 1. The molecule has 2 aliphatic rings. The predicted octanol–water partition coefficient (Wildman–Crippen LogP) is 2.15. The van der Waals surface area contributed by atoms with Gasteiger partial charge in [0.1, 0.15) is 5.75 Å². The zero-order valence-electron chi connectivity index (χ0n) is 16.1. The molecule has 1 N–H and O–H groups in total. The number of fused-ring (bicyclic) bond motifs is 2. The Bertz CT molecular complexity index is 1080. The zero-order chi connectivity index (χ0) is 20.6. The first kappa shape index (κ1) is 19.4. The third-order valence-electron chi connectivity index (χ3n) is 5.39. The molecule has 0 saturated heterocycles. The first-order valence-corrected chi connectivity index (χ1v) is 11.0. The smallest absolute Gasteiger partial charge is 0.262 e. The predicted molar refractivity (Wildman–Crippen MR) is 107 cm³/mol. The number of anilines is 1. The molecule has 1 unspecified atom stereocenters. The van der Waals surface area contributed by atoms with E-state index in [1.165, 1.54) is 23.8 Å². The second-order valence-corrected chi connectivity index (χ2v) is 9.75. The van der Waals surface area contributed by atoms with Crippen molar-refractivity contribution in [2.24, 2.45) is 0 Å². The SMILES string of the molecule is CC(CC(=O)N1CCc2ccccc2C1)S(=O)(=O)c1ccc2c(c1)NC(=O)CO2. The molecular weight excluding hydrogens is 392 g/mol. The van der Waals surface area contributed by atoms with Crippen LogP contribution in [-0.2, 0) is 32.4 Å². The number of hydrogen-bond acceptors (Lipinski definition) is 5. The van der Waals surface area contributed by atoms with E-state index < -0.39 is 15.1 Å². The van der Waals surface area contributed by atoms with Crippen LogP contribution in [0.5, 0.6) is 5.75 Å². The van der Waals surface area contributed by atoms with Crippen LogP contribution in [0.3, 0.4) is 0 Å². The average Bonchev–Trinajstić information content (AvgIpc) is 2.72. The molecule has 152 valence electrons. The summed E-state index contributed by atoms with van der Waals surface area (Å²) in [5.41, 5.74) is 2.66. The Morgan fingerprint density at radius 1 is 1.21 bits per heavy atom. The van der Waals surface area contributed by atoms with Crippen LogP contribution in [0, 0.1) is 0 Å². The van der Waals surface area contributed by atoms with Crippen LogP contribution in [0.4, 0.5) is 5.69 Å². The van der Waals surface area contributed by atoms with Crippen LogP contribution < -0.4 is 10.1 Å². The molecule has 0 fully saturated rings. The van der Waals surface area contributed by atoms with Crippen LogP contribution >= 0.6 is 0 Å². The van der Waals surface area contributed by atoms with Crippen molar-refractivity contribution in [2.45, 2.75) is 36.5 Å². The number of amides is 2. The zero-order valence-corrected chi connectivity index (χ0v) is 16.9. The topological polar surface area (TPSA) is 92.8 Å². The molecule has 0 spiro atoms. The Kier molecular flexibility index (Phi) is 5.04. The van der Waals surface area contributed by atoms with Gasteiger partial charge in [-0.3, -0.25) is 9.59 Å². The summed E-state index contributed by atoms with van der Waals surface area (Å²) in [6.45, 7) is 2.54. The Hall–Kier alpha value is -2.87. The van der Waals surface area contributed by atoms with Gasteiger partial charge in [0.2, 0.25) is 5.91 Å². The molecular formula is C21H22N2O5S. The molecule has 8 heteroatoms. The van der Waals surface area contributed by atoms with Gasteiger partial charge in [-0.1, -0.05) is 24.3 Å². The van der Waals surface area contributed by atoms with Gasteiger partial charge >= 0.3 is 0 Å². The summed E-state index contributed by atoms with van der Waals surface area (Å²) in [5.74, 6) is -0.0786. The highest BCUT2D eigenvalue weighted by Crippen LogP contribution is 2.32. The molecule has 0 bridgehead atoms. The van der Waals surface area contributed by atoms with Crippen molar-refractivity contribution in [1.29, 1.82) is 0 Å². The lowest BCUT2D eigenvalue weighted by molar-refractivity contribution is -0.132. The minimum absolute atomic E-state index is 0.0614. The van der Waals surface area contributed by atoms with Crippen molar-refractivity contribution in [3.8, 4) is 5.75 Å². The van der Waals surface area contributed by atoms with E-state index in [1.54, 1.807) is 11.8 Å².